The highest BCUT2D eigenvalue weighted by atomic mass is 16.5. The molecule has 7 aromatic carbocycles. The number of ether oxygens (including phenoxy) is 1. The quantitative estimate of drug-likeness (QED) is 0.177. The van der Waals surface area contributed by atoms with Crippen LogP contribution in [0.25, 0.3) is 65.3 Å². The van der Waals surface area contributed by atoms with Crippen LogP contribution in [0.2, 0.25) is 0 Å². The van der Waals surface area contributed by atoms with Crippen LogP contribution in [0.1, 0.15) is 12.3 Å². The lowest BCUT2D eigenvalue weighted by Gasteiger charge is -2.23. The second-order valence-corrected chi connectivity index (χ2v) is 8.61. The molecule has 8 rings (SSSR count). The summed E-state index contributed by atoms with van der Waals surface area (Å²) in [5.41, 5.74) is 0.738. The molecule has 0 aromatic heterocycles. The molecule has 162 valence electrons. The second kappa shape index (κ2) is 6.94. The molecular formula is C34H20O. The van der Waals surface area contributed by atoms with Gasteiger partial charge in [-0.3, -0.25) is 0 Å². The average Bonchev–Trinajstić information content (AvgIpc) is 3.04. The summed E-state index contributed by atoms with van der Waals surface area (Å²) in [6, 6.07) is 17.9. The third kappa shape index (κ3) is 2.58. The van der Waals surface area contributed by atoms with E-state index < -0.39 is 36.3 Å². The maximum absolute atomic E-state index is 9.33. The molecule has 0 N–H and O–H groups in total. The Morgan fingerprint density at radius 2 is 1.29 bits per heavy atom. The van der Waals surface area contributed by atoms with Crippen LogP contribution in [0, 0.1) is 0 Å². The van der Waals surface area contributed by atoms with Crippen LogP contribution < -0.4 is 4.74 Å². The smallest absolute Gasteiger partial charge is 0.135 e. The van der Waals surface area contributed by atoms with E-state index in [1.54, 1.807) is 0 Å². The maximum Gasteiger partial charge on any atom is 0.135 e. The summed E-state index contributed by atoms with van der Waals surface area (Å²) in [6.07, 6.45) is 0. The summed E-state index contributed by atoms with van der Waals surface area (Å²) in [7, 11) is 0. The SMILES string of the molecule is [2H]c1c([2H])c([2H])c2c(c1[2H])Oc1c([2H])c([2H])c(-c3c4ccccc4cc4c3ccc3ccccc34)c3c([2H])c([2H])c([2H])c-2c13. The highest BCUT2D eigenvalue weighted by Crippen LogP contribution is 2.50. The molecule has 0 saturated heterocycles. The molecule has 7 aromatic rings. The summed E-state index contributed by atoms with van der Waals surface area (Å²) in [4.78, 5) is 0. The van der Waals surface area contributed by atoms with Gasteiger partial charge in [0.25, 0.3) is 0 Å². The zero-order chi connectivity index (χ0) is 30.8. The van der Waals surface area contributed by atoms with Crippen molar-refractivity contribution in [2.75, 3.05) is 0 Å². The van der Waals surface area contributed by atoms with Crippen LogP contribution in [0.3, 0.4) is 0 Å². The van der Waals surface area contributed by atoms with Gasteiger partial charge in [0, 0.05) is 10.9 Å². The van der Waals surface area contributed by atoms with Crippen molar-refractivity contribution in [2.45, 2.75) is 0 Å². The van der Waals surface area contributed by atoms with Gasteiger partial charge in [0.05, 0.1) is 12.3 Å². The van der Waals surface area contributed by atoms with Crippen molar-refractivity contribution in [1.29, 1.82) is 0 Å². The van der Waals surface area contributed by atoms with Crippen molar-refractivity contribution >= 4 is 43.1 Å². The lowest BCUT2D eigenvalue weighted by atomic mass is 9.86. The molecule has 0 radical (unpaired) electrons. The van der Waals surface area contributed by atoms with Gasteiger partial charge in [0.1, 0.15) is 11.5 Å². The normalized spacial score (nSPS) is 15.8. The van der Waals surface area contributed by atoms with E-state index in [0.29, 0.717) is 5.56 Å². The highest BCUT2D eigenvalue weighted by Gasteiger charge is 2.22. The Hall–Kier alpha value is -4.62. The van der Waals surface area contributed by atoms with Gasteiger partial charge < -0.3 is 4.74 Å². The molecule has 0 saturated carbocycles. The minimum Gasteiger partial charge on any atom is -0.456 e. The molecular weight excluding hydrogens is 424 g/mol. The number of para-hydroxylation sites is 1. The monoisotopic (exact) mass is 453 g/mol. The Labute approximate surface area is 215 Å². The first-order valence-corrected chi connectivity index (χ1v) is 11.3. The standard InChI is InChI=1S/C34H20O/c1-3-10-23-21(8-1)16-17-29-30(23)20-22-9-2-4-11-24(22)33(29)28-18-19-32-34-26(13-7-14-27(28)34)25-12-5-6-15-31(25)35-32/h1-20H/i5D,6D,7D,12D,13D,14D,15D,18D,19D. The predicted octanol–water partition coefficient (Wildman–Crippen LogP) is 9.74. The highest BCUT2D eigenvalue weighted by molar-refractivity contribution is 6.23. The number of rotatable bonds is 1. The first-order valence-electron chi connectivity index (χ1n) is 15.8. The molecule has 1 aliphatic rings. The van der Waals surface area contributed by atoms with E-state index in [0.717, 1.165) is 32.3 Å². The number of fused-ring (bicyclic) bond motifs is 6. The van der Waals surface area contributed by atoms with Crippen LogP contribution in [-0.4, -0.2) is 0 Å². The lowest BCUT2D eigenvalue weighted by Crippen LogP contribution is -1.98. The van der Waals surface area contributed by atoms with E-state index >= 15 is 0 Å². The van der Waals surface area contributed by atoms with Crippen LogP contribution in [-0.2, 0) is 0 Å². The van der Waals surface area contributed by atoms with Crippen molar-refractivity contribution < 1.29 is 17.1 Å². The summed E-state index contributed by atoms with van der Waals surface area (Å²) >= 11 is 0. The van der Waals surface area contributed by atoms with Crippen molar-refractivity contribution in [2.24, 2.45) is 0 Å². The van der Waals surface area contributed by atoms with Crippen LogP contribution >= 0.6 is 0 Å². The Morgan fingerprint density at radius 3 is 2.23 bits per heavy atom. The molecule has 1 aliphatic heterocycles. The van der Waals surface area contributed by atoms with Gasteiger partial charge in [-0.05, 0) is 78.6 Å². The number of hydrogen-bond donors (Lipinski definition) is 0. The third-order valence-electron chi connectivity index (χ3n) is 6.78. The largest absolute Gasteiger partial charge is 0.456 e. The second-order valence-electron chi connectivity index (χ2n) is 8.61. The average molecular weight is 454 g/mol. The fourth-order valence-corrected chi connectivity index (χ4v) is 5.26. The van der Waals surface area contributed by atoms with Gasteiger partial charge in [-0.1, -0.05) is 96.9 Å². The molecule has 0 atom stereocenters. The van der Waals surface area contributed by atoms with E-state index in [-0.39, 0.29) is 57.1 Å². The molecule has 1 heterocycles. The predicted molar refractivity (Wildman–Crippen MR) is 147 cm³/mol. The minimum absolute atomic E-state index is 0.00556. The minimum atomic E-state index is -0.535. The van der Waals surface area contributed by atoms with Gasteiger partial charge >= 0.3 is 0 Å². The molecule has 0 amide bonds. The van der Waals surface area contributed by atoms with Crippen molar-refractivity contribution in [3.8, 4) is 33.8 Å². The summed E-state index contributed by atoms with van der Waals surface area (Å²) in [5.74, 6) is -0.434. The van der Waals surface area contributed by atoms with Gasteiger partial charge in [0.2, 0.25) is 0 Å². The molecule has 1 heteroatoms. The molecule has 35 heavy (non-hydrogen) atoms. The van der Waals surface area contributed by atoms with Crippen molar-refractivity contribution in [3.63, 3.8) is 0 Å². The van der Waals surface area contributed by atoms with E-state index in [2.05, 4.69) is 6.07 Å². The van der Waals surface area contributed by atoms with E-state index in [1.165, 1.54) is 0 Å². The maximum atomic E-state index is 9.33. The first kappa shape index (κ1) is 12.2. The molecule has 0 bridgehead atoms. The zero-order valence-electron chi connectivity index (χ0n) is 27.3. The van der Waals surface area contributed by atoms with Gasteiger partial charge in [-0.2, -0.15) is 0 Å². The molecule has 0 spiro atoms. The topological polar surface area (TPSA) is 9.23 Å². The summed E-state index contributed by atoms with van der Waals surface area (Å²) in [6.45, 7) is 0. The third-order valence-corrected chi connectivity index (χ3v) is 6.78. The summed E-state index contributed by atoms with van der Waals surface area (Å²) < 4.78 is 85.0. The Balaban J connectivity index is 1.65. The van der Waals surface area contributed by atoms with Gasteiger partial charge in [-0.15, -0.1) is 0 Å². The Morgan fingerprint density at radius 1 is 0.486 bits per heavy atom. The Bertz CT molecular complexity index is 2470. The fourth-order valence-electron chi connectivity index (χ4n) is 5.26. The molecule has 1 nitrogen and oxygen atoms in total. The molecule has 0 aliphatic carbocycles. The number of benzene rings is 7. The van der Waals surface area contributed by atoms with Crippen LogP contribution in [0.15, 0.2) is 121 Å². The molecule has 0 fully saturated rings. The first-order chi connectivity index (χ1) is 21.1. The van der Waals surface area contributed by atoms with Crippen LogP contribution in [0.5, 0.6) is 11.5 Å². The summed E-state index contributed by atoms with van der Waals surface area (Å²) in [5, 5.41) is 5.62. The number of hydrogen-bond acceptors (Lipinski definition) is 1. The van der Waals surface area contributed by atoms with E-state index in [4.69, 9.17) is 15.7 Å². The van der Waals surface area contributed by atoms with E-state index in [9.17, 15) is 1.37 Å². The zero-order valence-corrected chi connectivity index (χ0v) is 18.3. The molecule has 0 unspecified atom stereocenters. The fraction of sp³-hybridized carbons (Fsp3) is 0. The van der Waals surface area contributed by atoms with Gasteiger partial charge in [-0.25, -0.2) is 0 Å². The van der Waals surface area contributed by atoms with Crippen LogP contribution in [0.4, 0.5) is 0 Å². The van der Waals surface area contributed by atoms with Gasteiger partial charge in [0.15, 0.2) is 0 Å². The van der Waals surface area contributed by atoms with Crippen molar-refractivity contribution in [1.82, 2.24) is 0 Å². The Kier molecular flexibility index (Phi) is 2.42. The van der Waals surface area contributed by atoms with Crippen molar-refractivity contribution in [3.05, 3.63) is 121 Å². The van der Waals surface area contributed by atoms with E-state index in [1.807, 2.05) is 60.7 Å². The lowest BCUT2D eigenvalue weighted by molar-refractivity contribution is 0.487.